The largest absolute Gasteiger partial charge is 0.493 e. The van der Waals surface area contributed by atoms with Crippen molar-refractivity contribution in [3.8, 4) is 11.5 Å². The number of carbonyl (C=O) groups excluding carboxylic acids is 3. The molecule has 204 valence electrons. The van der Waals surface area contributed by atoms with E-state index in [0.29, 0.717) is 29.9 Å². The molecule has 0 spiro atoms. The van der Waals surface area contributed by atoms with Crippen molar-refractivity contribution in [1.82, 2.24) is 15.5 Å². The third-order valence-corrected chi connectivity index (χ3v) is 5.90. The zero-order valence-electron chi connectivity index (χ0n) is 21.4. The summed E-state index contributed by atoms with van der Waals surface area (Å²) in [5.41, 5.74) is 0.449. The first-order valence-electron chi connectivity index (χ1n) is 11.8. The van der Waals surface area contributed by atoms with Crippen molar-refractivity contribution in [3.05, 3.63) is 64.9 Å². The van der Waals surface area contributed by atoms with Crippen LogP contribution in [0.4, 0.5) is 23.7 Å². The van der Waals surface area contributed by atoms with Crippen molar-refractivity contribution >= 4 is 23.5 Å². The van der Waals surface area contributed by atoms with E-state index >= 15 is 0 Å². The predicted molar refractivity (Wildman–Crippen MR) is 134 cm³/mol. The Morgan fingerprint density at radius 2 is 1.79 bits per heavy atom. The molecule has 1 heterocycles. The second-order valence-corrected chi connectivity index (χ2v) is 8.37. The van der Waals surface area contributed by atoms with Crippen LogP contribution in [0.25, 0.3) is 0 Å². The SMILES string of the molecule is CCN(CC)C(=O)C1=C(C)NC(=O)NC1c1ccc(OCC(=O)Nc2cccc(C(F)(F)F)c2)c(OC)c1. The Morgan fingerprint density at radius 1 is 1.08 bits per heavy atom. The number of urea groups is 1. The fraction of sp³-hybridized carbons (Fsp3) is 0.346. The van der Waals surface area contributed by atoms with Gasteiger partial charge in [0, 0.05) is 24.5 Å². The first-order chi connectivity index (χ1) is 18.0. The summed E-state index contributed by atoms with van der Waals surface area (Å²) in [6, 6.07) is 7.76. The summed E-state index contributed by atoms with van der Waals surface area (Å²) >= 11 is 0. The topological polar surface area (TPSA) is 109 Å². The van der Waals surface area contributed by atoms with Gasteiger partial charge in [-0.25, -0.2) is 4.79 Å². The van der Waals surface area contributed by atoms with Crippen LogP contribution in [0.2, 0.25) is 0 Å². The smallest absolute Gasteiger partial charge is 0.416 e. The molecule has 9 nitrogen and oxygen atoms in total. The maximum Gasteiger partial charge on any atom is 0.416 e. The van der Waals surface area contributed by atoms with E-state index in [4.69, 9.17) is 9.47 Å². The molecular formula is C26H29F3N4O5. The predicted octanol–water partition coefficient (Wildman–Crippen LogP) is 4.23. The van der Waals surface area contributed by atoms with Crippen LogP contribution in [-0.4, -0.2) is 49.6 Å². The van der Waals surface area contributed by atoms with Crippen molar-refractivity contribution in [1.29, 1.82) is 0 Å². The van der Waals surface area contributed by atoms with Crippen LogP contribution in [-0.2, 0) is 15.8 Å². The number of carbonyl (C=O) groups is 3. The molecule has 4 amide bonds. The molecule has 38 heavy (non-hydrogen) atoms. The number of rotatable bonds is 9. The van der Waals surface area contributed by atoms with Crippen LogP contribution in [0.1, 0.15) is 37.9 Å². The molecule has 2 aromatic rings. The highest BCUT2D eigenvalue weighted by molar-refractivity contribution is 5.98. The van der Waals surface area contributed by atoms with Crippen molar-refractivity contribution in [2.24, 2.45) is 0 Å². The van der Waals surface area contributed by atoms with Crippen LogP contribution in [0, 0.1) is 0 Å². The Bertz CT molecular complexity index is 1240. The van der Waals surface area contributed by atoms with Crippen molar-refractivity contribution in [3.63, 3.8) is 0 Å². The summed E-state index contributed by atoms with van der Waals surface area (Å²) in [7, 11) is 1.39. The van der Waals surface area contributed by atoms with Gasteiger partial charge in [0.05, 0.1) is 24.3 Å². The van der Waals surface area contributed by atoms with Crippen molar-refractivity contribution in [2.75, 3.05) is 32.1 Å². The van der Waals surface area contributed by atoms with Gasteiger partial charge in [-0.05, 0) is 56.7 Å². The van der Waals surface area contributed by atoms with Crippen LogP contribution >= 0.6 is 0 Å². The average molecular weight is 535 g/mol. The fourth-order valence-electron chi connectivity index (χ4n) is 4.01. The summed E-state index contributed by atoms with van der Waals surface area (Å²) < 4.78 is 49.7. The number of allylic oxidation sites excluding steroid dienone is 1. The first kappa shape index (κ1) is 28.4. The van der Waals surface area contributed by atoms with Gasteiger partial charge in [0.15, 0.2) is 18.1 Å². The second-order valence-electron chi connectivity index (χ2n) is 8.37. The van der Waals surface area contributed by atoms with Crippen LogP contribution in [0.5, 0.6) is 11.5 Å². The first-order valence-corrected chi connectivity index (χ1v) is 11.8. The summed E-state index contributed by atoms with van der Waals surface area (Å²) in [6.07, 6.45) is -4.54. The van der Waals surface area contributed by atoms with Crippen molar-refractivity contribution < 1.29 is 37.0 Å². The fourth-order valence-corrected chi connectivity index (χ4v) is 4.01. The molecule has 0 bridgehead atoms. The number of anilines is 1. The lowest BCUT2D eigenvalue weighted by molar-refractivity contribution is -0.137. The molecule has 2 aromatic carbocycles. The summed E-state index contributed by atoms with van der Waals surface area (Å²) in [6.45, 7) is 5.86. The van der Waals surface area contributed by atoms with Crippen LogP contribution in [0.15, 0.2) is 53.7 Å². The van der Waals surface area contributed by atoms with Crippen molar-refractivity contribution in [2.45, 2.75) is 33.0 Å². The molecule has 0 fully saturated rings. The quantitative estimate of drug-likeness (QED) is 0.446. The number of ether oxygens (including phenoxy) is 2. The standard InChI is InChI=1S/C26H29F3N4O5/c1-5-33(6-2)24(35)22-15(3)30-25(36)32-23(22)16-10-11-19(20(12-16)37-4)38-14-21(34)31-18-9-7-8-17(13-18)26(27,28)29/h7-13,23H,5-6,14H2,1-4H3,(H,31,34)(H2,30,32,36). The minimum Gasteiger partial charge on any atom is -0.493 e. The highest BCUT2D eigenvalue weighted by Gasteiger charge is 2.33. The van der Waals surface area contributed by atoms with Gasteiger partial charge in [0.1, 0.15) is 0 Å². The van der Waals surface area contributed by atoms with E-state index in [1.165, 1.54) is 25.3 Å². The number of nitrogens with one attached hydrogen (secondary N) is 3. The number of nitrogens with zero attached hydrogens (tertiary/aromatic N) is 1. The summed E-state index contributed by atoms with van der Waals surface area (Å²) in [5.74, 6) is -0.482. The van der Waals surface area contributed by atoms with Gasteiger partial charge >= 0.3 is 12.2 Å². The average Bonchev–Trinajstić information content (AvgIpc) is 2.87. The number of benzene rings is 2. The van der Waals surface area contributed by atoms with E-state index in [-0.39, 0.29) is 23.1 Å². The molecule has 0 aliphatic carbocycles. The molecule has 1 aliphatic heterocycles. The van der Waals surface area contributed by atoms with Crippen LogP contribution < -0.4 is 25.4 Å². The van der Waals surface area contributed by atoms with E-state index in [1.54, 1.807) is 24.0 Å². The number of halogens is 3. The van der Waals surface area contributed by atoms with E-state index < -0.39 is 36.3 Å². The molecule has 1 aliphatic rings. The molecule has 1 unspecified atom stereocenters. The highest BCUT2D eigenvalue weighted by Crippen LogP contribution is 2.35. The molecular weight excluding hydrogens is 505 g/mol. The van der Waals surface area contributed by atoms with E-state index in [2.05, 4.69) is 16.0 Å². The zero-order chi connectivity index (χ0) is 28.0. The maximum atomic E-state index is 13.2. The number of hydrogen-bond acceptors (Lipinski definition) is 5. The maximum absolute atomic E-state index is 13.2. The van der Waals surface area contributed by atoms with Gasteiger partial charge in [-0.2, -0.15) is 13.2 Å². The van der Waals surface area contributed by atoms with Crippen LogP contribution in [0.3, 0.4) is 0 Å². The Hall–Kier alpha value is -4.22. The normalized spacial score (nSPS) is 15.3. The number of hydrogen-bond donors (Lipinski definition) is 3. The monoisotopic (exact) mass is 534 g/mol. The third-order valence-electron chi connectivity index (χ3n) is 5.90. The van der Waals surface area contributed by atoms with Gasteiger partial charge in [-0.1, -0.05) is 12.1 Å². The van der Waals surface area contributed by atoms with Gasteiger partial charge in [0.25, 0.3) is 11.8 Å². The number of amides is 4. The Labute approximate surface area is 218 Å². The Morgan fingerprint density at radius 3 is 2.42 bits per heavy atom. The number of alkyl halides is 3. The lowest BCUT2D eigenvalue weighted by Crippen LogP contribution is -2.47. The Balaban J connectivity index is 1.78. The number of likely N-dealkylation sites (N-methyl/N-ethyl adjacent to an activating group) is 1. The van der Waals surface area contributed by atoms with Gasteiger partial charge in [-0.15, -0.1) is 0 Å². The lowest BCUT2D eigenvalue weighted by atomic mass is 9.94. The molecule has 0 aromatic heterocycles. The minimum absolute atomic E-state index is 0.0232. The Kier molecular flexibility index (Phi) is 8.87. The summed E-state index contributed by atoms with van der Waals surface area (Å²) in [5, 5.41) is 7.77. The molecule has 0 radical (unpaired) electrons. The van der Waals surface area contributed by atoms with E-state index in [1.807, 2.05) is 13.8 Å². The molecule has 3 N–H and O–H groups in total. The van der Waals surface area contributed by atoms with E-state index in [0.717, 1.165) is 12.1 Å². The third kappa shape index (κ3) is 6.55. The van der Waals surface area contributed by atoms with Gasteiger partial charge in [0.2, 0.25) is 0 Å². The summed E-state index contributed by atoms with van der Waals surface area (Å²) in [4.78, 5) is 39.4. The second kappa shape index (κ2) is 11.9. The molecule has 0 saturated heterocycles. The molecule has 3 rings (SSSR count). The lowest BCUT2D eigenvalue weighted by Gasteiger charge is -2.32. The highest BCUT2D eigenvalue weighted by atomic mass is 19.4. The minimum atomic E-state index is -4.54. The molecule has 0 saturated carbocycles. The van der Waals surface area contributed by atoms with Gasteiger partial charge in [-0.3, -0.25) is 9.59 Å². The molecule has 12 heteroatoms. The number of methoxy groups -OCH3 is 1. The van der Waals surface area contributed by atoms with Gasteiger partial charge < -0.3 is 30.3 Å². The zero-order valence-corrected chi connectivity index (χ0v) is 21.4. The van der Waals surface area contributed by atoms with E-state index in [9.17, 15) is 27.6 Å². The molecule has 1 atom stereocenters.